The van der Waals surface area contributed by atoms with Crippen molar-refractivity contribution in [3.63, 3.8) is 0 Å². The maximum atomic E-state index is 12.9. The number of aryl methyl sites for hydroxylation is 1. The molecule has 0 aromatic heterocycles. The van der Waals surface area contributed by atoms with Crippen LogP contribution in [0.2, 0.25) is 0 Å². The number of nitro groups is 1. The number of ether oxygens (including phenoxy) is 3. The molecule has 2 amide bonds. The van der Waals surface area contributed by atoms with E-state index in [1.54, 1.807) is 42.5 Å². The average molecular weight is 535 g/mol. The molecule has 0 aliphatic carbocycles. The summed E-state index contributed by atoms with van der Waals surface area (Å²) in [6.45, 7) is 4.48. The number of nitrogens with zero attached hydrogens (tertiary/aromatic N) is 2. The molecule has 1 saturated heterocycles. The summed E-state index contributed by atoms with van der Waals surface area (Å²) in [6, 6.07) is 19.0. The van der Waals surface area contributed by atoms with Gasteiger partial charge in [0, 0.05) is 6.07 Å². The Balaban J connectivity index is 1.43. The zero-order valence-corrected chi connectivity index (χ0v) is 21.7. The minimum Gasteiger partial charge on any atom is -0.492 e. The summed E-state index contributed by atoms with van der Waals surface area (Å²) in [5.41, 5.74) is 2.17. The van der Waals surface area contributed by atoms with E-state index in [1.807, 2.05) is 38.1 Å². The van der Waals surface area contributed by atoms with E-state index in [-0.39, 0.29) is 36.6 Å². The molecule has 196 valence electrons. The molecule has 1 fully saturated rings. The van der Waals surface area contributed by atoms with Gasteiger partial charge >= 0.3 is 0 Å². The number of para-hydroxylation sites is 1. The average Bonchev–Trinajstić information content (AvgIpc) is 3.17. The van der Waals surface area contributed by atoms with Crippen LogP contribution < -0.4 is 14.2 Å². The van der Waals surface area contributed by atoms with Crippen LogP contribution in [0, 0.1) is 17.0 Å². The molecule has 4 rings (SSSR count). The van der Waals surface area contributed by atoms with Gasteiger partial charge < -0.3 is 14.2 Å². The third-order valence-electron chi connectivity index (χ3n) is 5.62. The smallest absolute Gasteiger partial charge is 0.293 e. The summed E-state index contributed by atoms with van der Waals surface area (Å²) in [7, 11) is 0. The topological polar surface area (TPSA) is 108 Å². The van der Waals surface area contributed by atoms with Crippen molar-refractivity contribution in [2.75, 3.05) is 19.8 Å². The Labute approximate surface area is 224 Å². The molecule has 1 aliphatic heterocycles. The van der Waals surface area contributed by atoms with Crippen molar-refractivity contribution < 1.29 is 28.7 Å². The first-order valence-corrected chi connectivity index (χ1v) is 12.7. The van der Waals surface area contributed by atoms with E-state index in [9.17, 15) is 19.7 Å². The Hall–Kier alpha value is -4.31. The molecule has 0 bridgehead atoms. The number of hydrogen-bond acceptors (Lipinski definition) is 8. The molecule has 0 spiro atoms. The highest BCUT2D eigenvalue weighted by Crippen LogP contribution is 2.35. The molecule has 0 radical (unpaired) electrons. The highest BCUT2D eigenvalue weighted by molar-refractivity contribution is 8.18. The van der Waals surface area contributed by atoms with E-state index in [0.29, 0.717) is 39.9 Å². The van der Waals surface area contributed by atoms with E-state index < -0.39 is 4.92 Å². The van der Waals surface area contributed by atoms with Crippen LogP contribution in [0.15, 0.2) is 71.6 Å². The lowest BCUT2D eigenvalue weighted by molar-refractivity contribution is -0.385. The van der Waals surface area contributed by atoms with E-state index in [0.717, 1.165) is 17.3 Å². The van der Waals surface area contributed by atoms with Gasteiger partial charge in [-0.1, -0.05) is 35.9 Å². The van der Waals surface area contributed by atoms with E-state index in [1.165, 1.54) is 11.0 Å². The maximum absolute atomic E-state index is 12.9. The zero-order chi connectivity index (χ0) is 27.1. The lowest BCUT2D eigenvalue weighted by Gasteiger charge is -2.13. The molecule has 3 aromatic rings. The molecular weight excluding hydrogens is 508 g/mol. The first-order chi connectivity index (χ1) is 18.4. The van der Waals surface area contributed by atoms with Crippen LogP contribution in [0.5, 0.6) is 17.2 Å². The van der Waals surface area contributed by atoms with Crippen molar-refractivity contribution in [2.45, 2.75) is 20.5 Å². The van der Waals surface area contributed by atoms with Gasteiger partial charge in [-0.2, -0.15) is 0 Å². The molecule has 0 saturated carbocycles. The quantitative estimate of drug-likeness (QED) is 0.168. The normalized spacial score (nSPS) is 14.2. The lowest BCUT2D eigenvalue weighted by atomic mass is 10.1. The van der Waals surface area contributed by atoms with Crippen LogP contribution in [0.25, 0.3) is 6.08 Å². The summed E-state index contributed by atoms with van der Waals surface area (Å²) in [6.07, 6.45) is 1.63. The summed E-state index contributed by atoms with van der Waals surface area (Å²) in [4.78, 5) is 37.6. The number of thioether (sulfide) groups is 1. The van der Waals surface area contributed by atoms with Crippen molar-refractivity contribution in [3.05, 3.63) is 98.4 Å². The van der Waals surface area contributed by atoms with Gasteiger partial charge in [0.15, 0.2) is 11.5 Å². The standard InChI is InChI=1S/C28H26N2O7S/c1-3-35-25-16-20(10-13-24(25)37-18-21-6-4-5-7-23(21)30(33)34)17-26-27(31)29(28(32)38-26)14-15-36-22-11-8-19(2)9-12-22/h4-13,16-17H,3,14-15,18H2,1-2H3/b26-17-. The van der Waals surface area contributed by atoms with Crippen LogP contribution in [0.1, 0.15) is 23.6 Å². The number of amides is 2. The highest BCUT2D eigenvalue weighted by Gasteiger charge is 2.34. The van der Waals surface area contributed by atoms with E-state index in [4.69, 9.17) is 14.2 Å². The molecule has 10 heteroatoms. The largest absolute Gasteiger partial charge is 0.492 e. The molecule has 0 N–H and O–H groups in total. The highest BCUT2D eigenvalue weighted by atomic mass is 32.2. The second-order valence-corrected chi connectivity index (χ2v) is 9.30. The van der Waals surface area contributed by atoms with Crippen molar-refractivity contribution in [2.24, 2.45) is 0 Å². The minimum absolute atomic E-state index is 0.0138. The lowest BCUT2D eigenvalue weighted by Crippen LogP contribution is -2.32. The first-order valence-electron chi connectivity index (χ1n) is 11.9. The number of nitro benzene ring substituents is 1. The molecular formula is C28H26N2O7S. The van der Waals surface area contributed by atoms with Crippen molar-refractivity contribution in [1.82, 2.24) is 4.90 Å². The van der Waals surface area contributed by atoms with Gasteiger partial charge in [0.25, 0.3) is 16.8 Å². The molecule has 0 atom stereocenters. The second-order valence-electron chi connectivity index (χ2n) is 8.31. The minimum atomic E-state index is -0.451. The predicted molar refractivity (Wildman–Crippen MR) is 144 cm³/mol. The third-order valence-corrected chi connectivity index (χ3v) is 6.52. The fourth-order valence-electron chi connectivity index (χ4n) is 3.70. The monoisotopic (exact) mass is 534 g/mol. The predicted octanol–water partition coefficient (Wildman–Crippen LogP) is 6.00. The summed E-state index contributed by atoms with van der Waals surface area (Å²) < 4.78 is 17.2. The maximum Gasteiger partial charge on any atom is 0.293 e. The number of carbonyl (C=O) groups excluding carboxylic acids is 2. The van der Waals surface area contributed by atoms with Gasteiger partial charge in [0.2, 0.25) is 0 Å². The summed E-state index contributed by atoms with van der Waals surface area (Å²) in [5.74, 6) is 1.11. The van der Waals surface area contributed by atoms with Crippen LogP contribution >= 0.6 is 11.8 Å². The van der Waals surface area contributed by atoms with Gasteiger partial charge in [-0.15, -0.1) is 0 Å². The molecule has 1 heterocycles. The Bertz CT molecular complexity index is 1370. The number of carbonyl (C=O) groups is 2. The van der Waals surface area contributed by atoms with Crippen LogP contribution in [0.3, 0.4) is 0 Å². The van der Waals surface area contributed by atoms with Crippen molar-refractivity contribution in [1.29, 1.82) is 0 Å². The molecule has 3 aromatic carbocycles. The van der Waals surface area contributed by atoms with Crippen molar-refractivity contribution >= 4 is 34.7 Å². The fourth-order valence-corrected chi connectivity index (χ4v) is 4.57. The fraction of sp³-hybridized carbons (Fsp3) is 0.214. The number of benzene rings is 3. The van der Waals surface area contributed by atoms with E-state index in [2.05, 4.69) is 0 Å². The molecule has 38 heavy (non-hydrogen) atoms. The van der Waals surface area contributed by atoms with Gasteiger partial charge in [-0.3, -0.25) is 24.6 Å². The van der Waals surface area contributed by atoms with Gasteiger partial charge in [0.1, 0.15) is 19.0 Å². The molecule has 0 unspecified atom stereocenters. The molecule has 1 aliphatic rings. The Morgan fingerprint density at radius 3 is 2.47 bits per heavy atom. The first kappa shape index (κ1) is 26.7. The van der Waals surface area contributed by atoms with Gasteiger partial charge in [-0.05, 0) is 67.6 Å². The summed E-state index contributed by atoms with van der Waals surface area (Å²) in [5, 5.41) is 10.9. The Kier molecular flexibility index (Phi) is 8.65. The zero-order valence-electron chi connectivity index (χ0n) is 20.9. The van der Waals surface area contributed by atoms with E-state index >= 15 is 0 Å². The number of hydrogen-bond donors (Lipinski definition) is 0. The van der Waals surface area contributed by atoms with Crippen LogP contribution in [-0.2, 0) is 11.4 Å². The Morgan fingerprint density at radius 1 is 0.974 bits per heavy atom. The number of rotatable bonds is 11. The van der Waals surface area contributed by atoms with Gasteiger partial charge in [-0.25, -0.2) is 0 Å². The van der Waals surface area contributed by atoms with Crippen molar-refractivity contribution in [3.8, 4) is 17.2 Å². The number of imide groups is 1. The molecule has 9 nitrogen and oxygen atoms in total. The van der Waals surface area contributed by atoms with Crippen LogP contribution in [0.4, 0.5) is 10.5 Å². The Morgan fingerprint density at radius 2 is 1.74 bits per heavy atom. The van der Waals surface area contributed by atoms with Crippen LogP contribution in [-0.4, -0.2) is 40.7 Å². The second kappa shape index (κ2) is 12.3. The summed E-state index contributed by atoms with van der Waals surface area (Å²) >= 11 is 0.867. The SMILES string of the molecule is CCOc1cc(/C=C2\SC(=O)N(CCOc3ccc(C)cc3)C2=O)ccc1OCc1ccccc1[N+](=O)[O-]. The van der Waals surface area contributed by atoms with Gasteiger partial charge in [0.05, 0.1) is 28.5 Å². The third kappa shape index (κ3) is 6.51.